The van der Waals surface area contributed by atoms with Crippen molar-refractivity contribution in [3.8, 4) is 16.2 Å². The van der Waals surface area contributed by atoms with Gasteiger partial charge < -0.3 is 9.84 Å². The van der Waals surface area contributed by atoms with Gasteiger partial charge in [-0.2, -0.15) is 0 Å². The van der Waals surface area contributed by atoms with Gasteiger partial charge in [0, 0.05) is 15.1 Å². The molecule has 0 aliphatic heterocycles. The van der Waals surface area contributed by atoms with Crippen molar-refractivity contribution in [2.75, 3.05) is 6.61 Å². The van der Waals surface area contributed by atoms with Gasteiger partial charge in [0.05, 0.1) is 13.2 Å². The maximum absolute atomic E-state index is 9.48. The van der Waals surface area contributed by atoms with Crippen LogP contribution in [-0.2, 0) is 6.61 Å². The minimum absolute atomic E-state index is 0.00588. The van der Waals surface area contributed by atoms with E-state index in [4.69, 9.17) is 4.74 Å². The first kappa shape index (κ1) is 13.2. The molecule has 1 N–H and O–H groups in total. The number of fused-ring (bicyclic) bond motifs is 1. The Labute approximate surface area is 122 Å². The van der Waals surface area contributed by atoms with Crippen molar-refractivity contribution in [3.63, 3.8) is 0 Å². The first-order valence-electron chi connectivity index (χ1n) is 6.67. The third-order valence-electron chi connectivity index (χ3n) is 3.24. The highest BCUT2D eigenvalue weighted by Gasteiger charge is 2.08. The van der Waals surface area contributed by atoms with E-state index in [0.29, 0.717) is 6.61 Å². The molecule has 0 bridgehead atoms. The van der Waals surface area contributed by atoms with Gasteiger partial charge in [-0.1, -0.05) is 18.2 Å². The van der Waals surface area contributed by atoms with Crippen molar-refractivity contribution in [1.82, 2.24) is 0 Å². The molecule has 0 spiro atoms. The van der Waals surface area contributed by atoms with Crippen molar-refractivity contribution in [1.29, 1.82) is 0 Å². The Hall–Kier alpha value is -1.84. The molecule has 2 aromatic carbocycles. The number of hydrogen-bond donors (Lipinski definition) is 1. The van der Waals surface area contributed by atoms with Crippen molar-refractivity contribution in [2.24, 2.45) is 0 Å². The normalized spacial score (nSPS) is 10.9. The van der Waals surface area contributed by atoms with Crippen LogP contribution in [-0.4, -0.2) is 11.7 Å². The summed E-state index contributed by atoms with van der Waals surface area (Å²) in [6.07, 6.45) is 0. The number of rotatable bonds is 4. The van der Waals surface area contributed by atoms with Crippen LogP contribution in [0.3, 0.4) is 0 Å². The van der Waals surface area contributed by atoms with Crippen LogP contribution < -0.4 is 4.74 Å². The second-order valence-electron chi connectivity index (χ2n) is 4.56. The van der Waals surface area contributed by atoms with Crippen LogP contribution in [0, 0.1) is 0 Å². The molecule has 0 aliphatic carbocycles. The molecule has 0 radical (unpaired) electrons. The highest BCUT2D eigenvalue weighted by molar-refractivity contribution is 7.22. The molecule has 0 aliphatic rings. The molecule has 0 atom stereocenters. The molecule has 1 aromatic heterocycles. The molecule has 0 saturated carbocycles. The summed E-state index contributed by atoms with van der Waals surface area (Å²) < 4.78 is 6.80. The van der Waals surface area contributed by atoms with Gasteiger partial charge in [0.25, 0.3) is 0 Å². The van der Waals surface area contributed by atoms with E-state index in [9.17, 15) is 5.11 Å². The second kappa shape index (κ2) is 5.65. The van der Waals surface area contributed by atoms with Crippen molar-refractivity contribution >= 4 is 21.4 Å². The largest absolute Gasteiger partial charge is 0.494 e. The summed E-state index contributed by atoms with van der Waals surface area (Å²) in [7, 11) is 0. The summed E-state index contributed by atoms with van der Waals surface area (Å²) in [6.45, 7) is 2.55. The molecule has 0 unspecified atom stereocenters. The fourth-order valence-electron chi connectivity index (χ4n) is 2.28. The molecule has 2 nitrogen and oxygen atoms in total. The Morgan fingerprint density at radius 2 is 1.95 bits per heavy atom. The first-order chi connectivity index (χ1) is 9.81. The Kier molecular flexibility index (Phi) is 3.72. The lowest BCUT2D eigenvalue weighted by atomic mass is 10.1. The van der Waals surface area contributed by atoms with Crippen LogP contribution in [0.5, 0.6) is 5.75 Å². The monoisotopic (exact) mass is 284 g/mol. The lowest BCUT2D eigenvalue weighted by Crippen LogP contribution is -1.96. The summed E-state index contributed by atoms with van der Waals surface area (Å²) in [5, 5.41) is 10.7. The molecule has 1 heterocycles. The molecular weight excluding hydrogens is 268 g/mol. The van der Waals surface area contributed by atoms with Crippen LogP contribution in [0.15, 0.2) is 48.5 Å². The Bertz CT molecular complexity index is 698. The number of thiophene rings is 1. The smallest absolute Gasteiger partial charge is 0.124 e. The quantitative estimate of drug-likeness (QED) is 0.766. The van der Waals surface area contributed by atoms with Gasteiger partial charge in [-0.05, 0) is 48.2 Å². The highest BCUT2D eigenvalue weighted by atomic mass is 32.1. The van der Waals surface area contributed by atoms with Crippen LogP contribution in [0.1, 0.15) is 12.5 Å². The average Bonchev–Trinajstić information content (AvgIpc) is 2.92. The summed E-state index contributed by atoms with van der Waals surface area (Å²) in [4.78, 5) is 1.21. The molecule has 0 fully saturated rings. The van der Waals surface area contributed by atoms with Gasteiger partial charge in [-0.3, -0.25) is 0 Å². The first-order valence-corrected chi connectivity index (χ1v) is 7.49. The van der Waals surface area contributed by atoms with Crippen molar-refractivity contribution in [3.05, 3.63) is 54.1 Å². The minimum Gasteiger partial charge on any atom is -0.494 e. The van der Waals surface area contributed by atoms with E-state index in [2.05, 4.69) is 36.4 Å². The molecule has 0 amide bonds. The minimum atomic E-state index is -0.00588. The molecular formula is C17H16O2S. The average molecular weight is 284 g/mol. The zero-order valence-corrected chi connectivity index (χ0v) is 12.1. The van der Waals surface area contributed by atoms with Gasteiger partial charge in [0.2, 0.25) is 0 Å². The van der Waals surface area contributed by atoms with Crippen molar-refractivity contribution < 1.29 is 9.84 Å². The zero-order chi connectivity index (χ0) is 13.9. The number of benzene rings is 2. The predicted molar refractivity (Wildman–Crippen MR) is 84.4 cm³/mol. The van der Waals surface area contributed by atoms with Crippen LogP contribution >= 0.6 is 11.3 Å². The van der Waals surface area contributed by atoms with E-state index in [-0.39, 0.29) is 6.61 Å². The topological polar surface area (TPSA) is 29.5 Å². The highest BCUT2D eigenvalue weighted by Crippen LogP contribution is 2.35. The van der Waals surface area contributed by atoms with E-state index >= 15 is 0 Å². The number of ether oxygens (including phenoxy) is 1. The Balaban J connectivity index is 2.05. The van der Waals surface area contributed by atoms with E-state index in [1.54, 1.807) is 11.3 Å². The molecule has 3 aromatic rings. The summed E-state index contributed by atoms with van der Waals surface area (Å²) in [6, 6.07) is 16.5. The van der Waals surface area contributed by atoms with Gasteiger partial charge in [-0.15, -0.1) is 11.3 Å². The Morgan fingerprint density at radius 1 is 1.10 bits per heavy atom. The fraction of sp³-hybridized carbons (Fsp3) is 0.176. The summed E-state index contributed by atoms with van der Waals surface area (Å²) in [5.74, 6) is 0.764. The maximum Gasteiger partial charge on any atom is 0.124 e. The summed E-state index contributed by atoms with van der Waals surface area (Å²) >= 11 is 1.77. The van der Waals surface area contributed by atoms with E-state index in [0.717, 1.165) is 16.9 Å². The van der Waals surface area contributed by atoms with Crippen molar-refractivity contribution in [2.45, 2.75) is 13.5 Å². The van der Waals surface area contributed by atoms with Gasteiger partial charge in [0.15, 0.2) is 0 Å². The number of aliphatic hydroxyl groups excluding tert-OH is 1. The van der Waals surface area contributed by atoms with E-state index < -0.39 is 0 Å². The standard InChI is InChI=1S/C17H16O2S/c1-2-19-15-8-7-13(9-14(15)11-18)17-10-12-5-3-4-6-16(12)20-17/h3-10,18H,2,11H2,1H3. The molecule has 3 rings (SSSR count). The Morgan fingerprint density at radius 3 is 2.70 bits per heavy atom. The van der Waals surface area contributed by atoms with E-state index in [1.807, 2.05) is 19.1 Å². The molecule has 20 heavy (non-hydrogen) atoms. The zero-order valence-electron chi connectivity index (χ0n) is 11.3. The van der Waals surface area contributed by atoms with Gasteiger partial charge in [-0.25, -0.2) is 0 Å². The SMILES string of the molecule is CCOc1ccc(-c2cc3ccccc3s2)cc1CO. The molecule has 3 heteroatoms. The van der Waals surface area contributed by atoms with Crippen LogP contribution in [0.4, 0.5) is 0 Å². The lowest BCUT2D eigenvalue weighted by molar-refractivity contribution is 0.267. The van der Waals surface area contributed by atoms with E-state index in [1.165, 1.54) is 15.0 Å². The van der Waals surface area contributed by atoms with Gasteiger partial charge >= 0.3 is 0 Å². The van der Waals surface area contributed by atoms with Crippen LogP contribution in [0.2, 0.25) is 0 Å². The second-order valence-corrected chi connectivity index (χ2v) is 5.65. The third-order valence-corrected chi connectivity index (χ3v) is 4.41. The third kappa shape index (κ3) is 2.42. The fourth-order valence-corrected chi connectivity index (χ4v) is 3.34. The molecule has 0 saturated heterocycles. The summed E-state index contributed by atoms with van der Waals surface area (Å²) in [5.41, 5.74) is 1.96. The van der Waals surface area contributed by atoms with Crippen LogP contribution in [0.25, 0.3) is 20.5 Å². The number of aliphatic hydroxyl groups is 1. The predicted octanol–water partition coefficient (Wildman–Crippen LogP) is 4.46. The molecule has 102 valence electrons. The lowest BCUT2D eigenvalue weighted by Gasteiger charge is -2.09. The van der Waals surface area contributed by atoms with Gasteiger partial charge in [0.1, 0.15) is 5.75 Å². The number of hydrogen-bond acceptors (Lipinski definition) is 3. The maximum atomic E-state index is 9.48.